The number of anilines is 1. The standard InChI is InChI=1S/C30H32F3N3O5/c1-18-28(20-5-3-6-21(16-20)30(31,32)33)41-29(39)36(18)17-24-22(9-11-26(34-24)35-13-4-14-35)23-15-19(8-12-27(37)38)7-10-25(23)40-2/h3,5-6,9-11,15-16,18-19,28H,4,7-8,12-14,17H2,1-2H3,(H,37,38)/t18-,19?,28-/m0/s1. The number of cyclic esters (lactones) is 1. The van der Waals surface area contributed by atoms with E-state index in [9.17, 15) is 22.8 Å². The fraction of sp³-hybridized carbons (Fsp3) is 0.433. The number of amides is 1. The zero-order valence-electron chi connectivity index (χ0n) is 22.9. The van der Waals surface area contributed by atoms with Crippen LogP contribution in [0, 0.1) is 5.92 Å². The zero-order valence-corrected chi connectivity index (χ0v) is 22.9. The monoisotopic (exact) mass is 571 g/mol. The second-order valence-corrected chi connectivity index (χ2v) is 10.6. The van der Waals surface area contributed by atoms with Gasteiger partial charge in [0, 0.05) is 30.6 Å². The molecule has 1 unspecified atom stereocenters. The number of hydrogen-bond acceptors (Lipinski definition) is 6. The van der Waals surface area contributed by atoms with Crippen LogP contribution in [0.5, 0.6) is 0 Å². The molecular formula is C30H32F3N3O5. The number of carbonyl (C=O) groups is 2. The van der Waals surface area contributed by atoms with E-state index in [1.165, 1.54) is 17.0 Å². The molecule has 1 aromatic carbocycles. The molecule has 3 aliphatic rings. The number of ether oxygens (including phenoxy) is 2. The van der Waals surface area contributed by atoms with E-state index >= 15 is 0 Å². The molecule has 1 aromatic heterocycles. The number of alkyl halides is 3. The third kappa shape index (κ3) is 6.03. The third-order valence-corrected chi connectivity index (χ3v) is 7.91. The van der Waals surface area contributed by atoms with Gasteiger partial charge in [-0.25, -0.2) is 9.78 Å². The zero-order chi connectivity index (χ0) is 29.3. The normalized spacial score (nSPS) is 22.6. The Kier molecular flexibility index (Phi) is 7.97. The predicted molar refractivity (Wildman–Crippen MR) is 145 cm³/mol. The Morgan fingerprint density at radius 3 is 2.66 bits per heavy atom. The van der Waals surface area contributed by atoms with Crippen LogP contribution in [-0.4, -0.2) is 53.3 Å². The van der Waals surface area contributed by atoms with E-state index in [-0.39, 0.29) is 24.4 Å². The number of nitrogens with zero attached hydrogens (tertiary/aromatic N) is 3. The fourth-order valence-electron chi connectivity index (χ4n) is 5.47. The van der Waals surface area contributed by atoms with Crippen molar-refractivity contribution in [2.24, 2.45) is 5.92 Å². The van der Waals surface area contributed by atoms with Gasteiger partial charge in [-0.15, -0.1) is 0 Å². The van der Waals surface area contributed by atoms with Crippen LogP contribution in [-0.2, 0) is 27.0 Å². The number of carboxylic acid groups (broad SMARTS) is 1. The second-order valence-electron chi connectivity index (χ2n) is 10.6. The SMILES string of the molecule is COC1=CCC(CCC(=O)O)C=C1c1ccc(N2CCC2)nc1CN1C(=O)O[C@H](c2cccc(C(F)(F)F)c2)[C@@H]1C. The highest BCUT2D eigenvalue weighted by atomic mass is 19.4. The molecule has 0 spiro atoms. The summed E-state index contributed by atoms with van der Waals surface area (Å²) in [6.45, 7) is 3.56. The van der Waals surface area contributed by atoms with Crippen LogP contribution in [0.3, 0.4) is 0 Å². The van der Waals surface area contributed by atoms with Gasteiger partial charge in [-0.05, 0) is 68.0 Å². The molecule has 1 aliphatic carbocycles. The molecule has 0 saturated carbocycles. The highest BCUT2D eigenvalue weighted by Gasteiger charge is 2.41. The first-order valence-corrected chi connectivity index (χ1v) is 13.6. The van der Waals surface area contributed by atoms with Crippen LogP contribution in [0.1, 0.15) is 61.1 Å². The molecule has 0 radical (unpaired) electrons. The minimum atomic E-state index is -4.51. The molecule has 3 atom stereocenters. The van der Waals surface area contributed by atoms with E-state index in [1.54, 1.807) is 14.0 Å². The Bertz CT molecular complexity index is 1390. The number of aromatic nitrogens is 1. The molecule has 2 saturated heterocycles. The van der Waals surface area contributed by atoms with Crippen molar-refractivity contribution in [3.05, 3.63) is 76.7 Å². The lowest BCUT2D eigenvalue weighted by Gasteiger charge is -2.33. The van der Waals surface area contributed by atoms with Gasteiger partial charge in [0.15, 0.2) is 0 Å². The lowest BCUT2D eigenvalue weighted by atomic mass is 9.87. The quantitative estimate of drug-likeness (QED) is 0.384. The van der Waals surface area contributed by atoms with Crippen molar-refractivity contribution in [1.29, 1.82) is 0 Å². The molecule has 0 bridgehead atoms. The molecule has 1 amide bonds. The van der Waals surface area contributed by atoms with Gasteiger partial charge in [-0.3, -0.25) is 9.69 Å². The second kappa shape index (κ2) is 11.5. The van der Waals surface area contributed by atoms with E-state index in [1.807, 2.05) is 24.3 Å². The van der Waals surface area contributed by atoms with Gasteiger partial charge in [0.1, 0.15) is 17.7 Å². The summed E-state index contributed by atoms with van der Waals surface area (Å²) in [5.74, 6) is 0.532. The largest absolute Gasteiger partial charge is 0.496 e. The summed E-state index contributed by atoms with van der Waals surface area (Å²) in [6.07, 6.45) is 0.112. The minimum Gasteiger partial charge on any atom is -0.496 e. The Morgan fingerprint density at radius 1 is 1.22 bits per heavy atom. The van der Waals surface area contributed by atoms with Crippen molar-refractivity contribution in [2.75, 3.05) is 25.1 Å². The van der Waals surface area contributed by atoms with Gasteiger partial charge in [0.05, 0.1) is 31.0 Å². The third-order valence-electron chi connectivity index (χ3n) is 7.91. The Hall–Kier alpha value is -4.02. The van der Waals surface area contributed by atoms with Crippen molar-refractivity contribution in [3.8, 4) is 0 Å². The maximum absolute atomic E-state index is 13.3. The molecule has 2 aliphatic heterocycles. The molecule has 5 rings (SSSR count). The van der Waals surface area contributed by atoms with Crippen LogP contribution < -0.4 is 4.90 Å². The molecule has 3 heterocycles. The van der Waals surface area contributed by atoms with Gasteiger partial charge in [0.25, 0.3) is 0 Å². The smallest absolute Gasteiger partial charge is 0.416 e. The number of rotatable bonds is 9. The van der Waals surface area contributed by atoms with Crippen LogP contribution in [0.4, 0.5) is 23.8 Å². The van der Waals surface area contributed by atoms with Crippen molar-refractivity contribution in [1.82, 2.24) is 9.88 Å². The maximum Gasteiger partial charge on any atom is 0.416 e. The number of carbonyl (C=O) groups excluding carboxylic acids is 1. The van der Waals surface area contributed by atoms with Crippen LogP contribution in [0.15, 0.2) is 54.3 Å². The lowest BCUT2D eigenvalue weighted by molar-refractivity contribution is -0.138. The van der Waals surface area contributed by atoms with Crippen LogP contribution in [0.2, 0.25) is 0 Å². The first-order valence-electron chi connectivity index (χ1n) is 13.6. The van der Waals surface area contributed by atoms with Crippen LogP contribution in [0.25, 0.3) is 5.57 Å². The van der Waals surface area contributed by atoms with E-state index in [4.69, 9.17) is 19.6 Å². The molecule has 218 valence electrons. The van der Waals surface area contributed by atoms with Gasteiger partial charge >= 0.3 is 18.2 Å². The first kappa shape index (κ1) is 28.5. The molecule has 41 heavy (non-hydrogen) atoms. The molecule has 8 nitrogen and oxygen atoms in total. The van der Waals surface area contributed by atoms with E-state index < -0.39 is 35.9 Å². The maximum atomic E-state index is 13.3. The fourth-order valence-corrected chi connectivity index (χ4v) is 5.47. The molecule has 11 heteroatoms. The van der Waals surface area contributed by atoms with Gasteiger partial charge in [-0.2, -0.15) is 13.2 Å². The van der Waals surface area contributed by atoms with Crippen molar-refractivity contribution in [3.63, 3.8) is 0 Å². The Morgan fingerprint density at radius 2 is 2.00 bits per heavy atom. The molecule has 1 N–H and O–H groups in total. The van der Waals surface area contributed by atoms with Gasteiger partial charge in [0.2, 0.25) is 0 Å². The lowest BCUT2D eigenvalue weighted by Crippen LogP contribution is -2.38. The van der Waals surface area contributed by atoms with E-state index in [0.29, 0.717) is 24.3 Å². The summed E-state index contributed by atoms with van der Waals surface area (Å²) in [4.78, 5) is 32.8. The summed E-state index contributed by atoms with van der Waals surface area (Å²) in [5.41, 5.74) is 1.57. The highest BCUT2D eigenvalue weighted by molar-refractivity contribution is 5.80. The summed E-state index contributed by atoms with van der Waals surface area (Å²) in [6, 6.07) is 8.14. The number of halogens is 3. The number of aliphatic carboxylic acids is 1. The molecule has 2 aromatic rings. The number of hydrogen-bond donors (Lipinski definition) is 1. The number of carboxylic acids is 1. The summed E-state index contributed by atoms with van der Waals surface area (Å²) >= 11 is 0. The summed E-state index contributed by atoms with van der Waals surface area (Å²) in [7, 11) is 1.57. The Balaban J connectivity index is 1.47. The van der Waals surface area contributed by atoms with E-state index in [0.717, 1.165) is 48.6 Å². The summed E-state index contributed by atoms with van der Waals surface area (Å²) < 4.78 is 51.3. The number of allylic oxidation sites excluding steroid dienone is 3. The average molecular weight is 572 g/mol. The Labute approximate surface area is 236 Å². The highest BCUT2D eigenvalue weighted by Crippen LogP contribution is 2.39. The number of benzene rings is 1. The predicted octanol–water partition coefficient (Wildman–Crippen LogP) is 6.19. The molecule has 2 fully saturated rings. The first-order chi connectivity index (χ1) is 19.5. The van der Waals surface area contributed by atoms with E-state index in [2.05, 4.69) is 4.90 Å². The van der Waals surface area contributed by atoms with Crippen LogP contribution >= 0.6 is 0 Å². The minimum absolute atomic E-state index is 0.0103. The summed E-state index contributed by atoms with van der Waals surface area (Å²) in [5, 5.41) is 9.17. The topological polar surface area (TPSA) is 92.2 Å². The van der Waals surface area contributed by atoms with Crippen molar-refractivity contribution in [2.45, 2.75) is 57.5 Å². The average Bonchev–Trinajstić information content (AvgIpc) is 3.19. The number of pyridine rings is 1. The van der Waals surface area contributed by atoms with Crippen molar-refractivity contribution < 1.29 is 37.3 Å². The van der Waals surface area contributed by atoms with Gasteiger partial charge < -0.3 is 19.5 Å². The van der Waals surface area contributed by atoms with Gasteiger partial charge in [-0.1, -0.05) is 18.2 Å². The molecular weight excluding hydrogens is 539 g/mol. The number of methoxy groups -OCH3 is 1. The van der Waals surface area contributed by atoms with Crippen molar-refractivity contribution >= 4 is 23.5 Å².